The summed E-state index contributed by atoms with van der Waals surface area (Å²) >= 11 is 5.90. The van der Waals surface area contributed by atoms with Gasteiger partial charge in [-0.3, -0.25) is 0 Å². The summed E-state index contributed by atoms with van der Waals surface area (Å²) in [4.78, 5) is 0.255. The Morgan fingerprint density at radius 2 is 1.27 bits per heavy atom. The second-order valence-electron chi connectivity index (χ2n) is 6.01. The van der Waals surface area contributed by atoms with Crippen molar-refractivity contribution >= 4 is 21.6 Å². The topological polar surface area (TPSA) is 37.4 Å². The lowest BCUT2D eigenvalue weighted by Crippen LogP contribution is -2.32. The molecule has 0 aliphatic rings. The number of sulfonamides is 1. The Kier molecular flexibility index (Phi) is 6.09. The lowest BCUT2D eigenvalue weighted by atomic mass is 10.1. The van der Waals surface area contributed by atoms with Gasteiger partial charge in [0.05, 0.1) is 4.90 Å². The van der Waals surface area contributed by atoms with Gasteiger partial charge in [0, 0.05) is 18.1 Å². The zero-order valence-corrected chi connectivity index (χ0v) is 15.8. The number of benzene rings is 3. The number of hydrogen-bond donors (Lipinski definition) is 0. The minimum absolute atomic E-state index is 0.255. The molecule has 0 aliphatic heterocycles. The van der Waals surface area contributed by atoms with Gasteiger partial charge in [0.2, 0.25) is 10.0 Å². The third-order valence-corrected chi connectivity index (χ3v) is 6.26. The van der Waals surface area contributed by atoms with E-state index in [2.05, 4.69) is 0 Å². The van der Waals surface area contributed by atoms with Crippen LogP contribution in [0.15, 0.2) is 89.8 Å². The molecule has 26 heavy (non-hydrogen) atoms. The highest BCUT2D eigenvalue weighted by molar-refractivity contribution is 7.89. The van der Waals surface area contributed by atoms with Crippen molar-refractivity contribution in [3.8, 4) is 0 Å². The summed E-state index contributed by atoms with van der Waals surface area (Å²) in [5.41, 5.74) is 2.06. The smallest absolute Gasteiger partial charge is 0.207 e. The fraction of sp³-hybridized carbons (Fsp3) is 0.143. The number of rotatable bonds is 7. The maximum atomic E-state index is 13.2. The number of hydrogen-bond acceptors (Lipinski definition) is 2. The Morgan fingerprint density at radius 3 is 1.85 bits per heavy atom. The van der Waals surface area contributed by atoms with Crippen molar-refractivity contribution in [2.75, 3.05) is 6.54 Å². The summed E-state index contributed by atoms with van der Waals surface area (Å²) in [6.45, 7) is 0.739. The van der Waals surface area contributed by atoms with Gasteiger partial charge in [0.15, 0.2) is 0 Å². The van der Waals surface area contributed by atoms with Crippen LogP contribution in [0.1, 0.15) is 11.1 Å². The van der Waals surface area contributed by atoms with Gasteiger partial charge in [-0.15, -0.1) is 0 Å². The zero-order valence-electron chi connectivity index (χ0n) is 14.3. The first-order chi connectivity index (χ1) is 12.6. The molecule has 3 aromatic rings. The van der Waals surface area contributed by atoms with E-state index in [1.807, 2.05) is 60.7 Å². The van der Waals surface area contributed by atoms with Crippen LogP contribution >= 0.6 is 11.6 Å². The summed E-state index contributed by atoms with van der Waals surface area (Å²) in [6, 6.07) is 25.8. The molecule has 0 radical (unpaired) electrons. The molecule has 3 aromatic carbocycles. The predicted octanol–water partition coefficient (Wildman–Crippen LogP) is 4.77. The molecule has 0 saturated carbocycles. The van der Waals surface area contributed by atoms with E-state index in [0.29, 0.717) is 24.5 Å². The van der Waals surface area contributed by atoms with Crippen molar-refractivity contribution in [3.63, 3.8) is 0 Å². The average molecular weight is 386 g/mol. The Morgan fingerprint density at radius 1 is 0.731 bits per heavy atom. The molecule has 134 valence electrons. The van der Waals surface area contributed by atoms with Crippen molar-refractivity contribution in [3.05, 3.63) is 101 Å². The Hall–Kier alpha value is -2.14. The molecule has 0 fully saturated rings. The summed E-state index contributed by atoms with van der Waals surface area (Å²) in [5.74, 6) is 0. The third-order valence-electron chi connectivity index (χ3n) is 4.15. The molecule has 0 amide bonds. The molecule has 0 aliphatic carbocycles. The molecule has 5 heteroatoms. The van der Waals surface area contributed by atoms with Crippen LogP contribution in [0.5, 0.6) is 0 Å². The van der Waals surface area contributed by atoms with Gasteiger partial charge < -0.3 is 0 Å². The fourth-order valence-corrected chi connectivity index (χ4v) is 4.28. The van der Waals surface area contributed by atoms with Gasteiger partial charge in [0.25, 0.3) is 0 Å². The highest BCUT2D eigenvalue weighted by Crippen LogP contribution is 2.21. The second kappa shape index (κ2) is 8.49. The van der Waals surface area contributed by atoms with E-state index in [-0.39, 0.29) is 4.90 Å². The molecule has 0 aromatic heterocycles. The van der Waals surface area contributed by atoms with Crippen molar-refractivity contribution in [1.82, 2.24) is 4.31 Å². The van der Waals surface area contributed by atoms with E-state index in [9.17, 15) is 8.42 Å². The number of halogens is 1. The van der Waals surface area contributed by atoms with Crippen molar-refractivity contribution in [2.24, 2.45) is 0 Å². The van der Waals surface area contributed by atoms with Gasteiger partial charge in [0.1, 0.15) is 0 Å². The van der Waals surface area contributed by atoms with E-state index in [1.54, 1.807) is 24.3 Å². The third kappa shape index (κ3) is 4.73. The van der Waals surface area contributed by atoms with Gasteiger partial charge >= 0.3 is 0 Å². The van der Waals surface area contributed by atoms with Crippen LogP contribution in [-0.2, 0) is 23.0 Å². The van der Waals surface area contributed by atoms with Crippen LogP contribution in [0.3, 0.4) is 0 Å². The SMILES string of the molecule is O=S(=O)(c1ccc(Cl)cc1)N(CCc1ccccc1)Cc1ccccc1. The lowest BCUT2D eigenvalue weighted by molar-refractivity contribution is 0.409. The minimum Gasteiger partial charge on any atom is -0.207 e. The normalized spacial score (nSPS) is 11.6. The molecule has 0 saturated heterocycles. The van der Waals surface area contributed by atoms with Crippen LogP contribution in [0.4, 0.5) is 0 Å². The molecule has 3 nitrogen and oxygen atoms in total. The van der Waals surface area contributed by atoms with E-state index in [4.69, 9.17) is 11.6 Å². The maximum absolute atomic E-state index is 13.2. The molecule has 0 spiro atoms. The van der Waals surface area contributed by atoms with E-state index < -0.39 is 10.0 Å². The molecular formula is C21H20ClNO2S. The molecule has 3 rings (SSSR count). The van der Waals surface area contributed by atoms with Crippen LogP contribution in [0.25, 0.3) is 0 Å². The van der Waals surface area contributed by atoms with Gasteiger partial charge in [-0.25, -0.2) is 8.42 Å². The van der Waals surface area contributed by atoms with Crippen LogP contribution in [0.2, 0.25) is 5.02 Å². The summed E-state index contributed by atoms with van der Waals surface area (Å²) < 4.78 is 27.8. The second-order valence-corrected chi connectivity index (χ2v) is 8.39. The summed E-state index contributed by atoms with van der Waals surface area (Å²) in [7, 11) is -3.61. The quantitative estimate of drug-likeness (QED) is 0.587. The predicted molar refractivity (Wildman–Crippen MR) is 106 cm³/mol. The first kappa shape index (κ1) is 18.6. The summed E-state index contributed by atoms with van der Waals surface area (Å²) in [5, 5.41) is 0.517. The van der Waals surface area contributed by atoms with Gasteiger partial charge in [-0.1, -0.05) is 72.3 Å². The maximum Gasteiger partial charge on any atom is 0.243 e. The first-order valence-corrected chi connectivity index (χ1v) is 10.2. The highest BCUT2D eigenvalue weighted by atomic mass is 35.5. The molecule has 0 N–H and O–H groups in total. The van der Waals surface area contributed by atoms with Gasteiger partial charge in [-0.2, -0.15) is 4.31 Å². The highest BCUT2D eigenvalue weighted by Gasteiger charge is 2.24. The van der Waals surface area contributed by atoms with E-state index in [0.717, 1.165) is 11.1 Å². The van der Waals surface area contributed by atoms with Gasteiger partial charge in [-0.05, 0) is 41.8 Å². The standard InChI is InChI=1S/C21H20ClNO2S/c22-20-11-13-21(14-12-20)26(24,25)23(17-19-9-5-2-6-10-19)16-15-18-7-3-1-4-8-18/h1-14H,15-17H2. The molecule has 0 unspecified atom stereocenters. The molecule has 0 heterocycles. The van der Waals surface area contributed by atoms with Crippen molar-refractivity contribution in [2.45, 2.75) is 17.9 Å². The Bertz CT molecular complexity index is 927. The lowest BCUT2D eigenvalue weighted by Gasteiger charge is -2.22. The molecular weight excluding hydrogens is 366 g/mol. The van der Waals surface area contributed by atoms with E-state index >= 15 is 0 Å². The summed E-state index contributed by atoms with van der Waals surface area (Å²) in [6.07, 6.45) is 0.653. The fourth-order valence-electron chi connectivity index (χ4n) is 2.73. The van der Waals surface area contributed by atoms with Crippen LogP contribution in [0, 0.1) is 0 Å². The largest absolute Gasteiger partial charge is 0.243 e. The van der Waals surface area contributed by atoms with E-state index in [1.165, 1.54) is 4.31 Å². The monoisotopic (exact) mass is 385 g/mol. The van der Waals surface area contributed by atoms with Crippen LogP contribution in [-0.4, -0.2) is 19.3 Å². The Labute approximate surface area is 159 Å². The zero-order chi connectivity index (χ0) is 18.4. The average Bonchev–Trinajstić information content (AvgIpc) is 2.67. The molecule has 0 atom stereocenters. The van der Waals surface area contributed by atoms with Crippen LogP contribution < -0.4 is 0 Å². The number of nitrogens with zero attached hydrogens (tertiary/aromatic N) is 1. The minimum atomic E-state index is -3.61. The van der Waals surface area contributed by atoms with Crippen molar-refractivity contribution < 1.29 is 8.42 Å². The van der Waals surface area contributed by atoms with Crippen molar-refractivity contribution in [1.29, 1.82) is 0 Å². The Balaban J connectivity index is 1.87. The first-order valence-electron chi connectivity index (χ1n) is 8.39. The molecule has 0 bridgehead atoms.